The summed E-state index contributed by atoms with van der Waals surface area (Å²) < 4.78 is 0. The maximum absolute atomic E-state index is 5.96. The minimum Gasteiger partial charge on any atom is -0.326 e. The second kappa shape index (κ2) is 7.47. The first-order valence-corrected chi connectivity index (χ1v) is 14.5. The van der Waals surface area contributed by atoms with Gasteiger partial charge in [-0.1, -0.05) is 91.5 Å². The van der Waals surface area contributed by atoms with Crippen molar-refractivity contribution >= 4 is 19.7 Å². The minimum atomic E-state index is -1.80. The van der Waals surface area contributed by atoms with E-state index in [0.717, 1.165) is 0 Å². The second-order valence-corrected chi connectivity index (χ2v) is 14.6. The highest BCUT2D eigenvalue weighted by Crippen LogP contribution is 2.53. The third-order valence-corrected chi connectivity index (χ3v) is 11.7. The molecule has 1 nitrogen and oxygen atoms in total. The Labute approximate surface area is 187 Å². The summed E-state index contributed by atoms with van der Waals surface area (Å²) in [5.74, 6) is 0. The molecule has 5 rings (SSSR count). The SMILES string of the molecule is CC1=CC([Si](C)(C)C2C(C)=Cc3cccc(-c4cccc(CN)c4)c32)c2ccccc21. The number of fused-ring (bicyclic) bond motifs is 2. The van der Waals surface area contributed by atoms with Crippen molar-refractivity contribution in [1.82, 2.24) is 0 Å². The van der Waals surface area contributed by atoms with Crippen molar-refractivity contribution in [2.45, 2.75) is 44.6 Å². The van der Waals surface area contributed by atoms with Gasteiger partial charge in [0, 0.05) is 12.1 Å². The molecule has 2 heteroatoms. The van der Waals surface area contributed by atoms with Gasteiger partial charge in [0.1, 0.15) is 0 Å². The first kappa shape index (κ1) is 20.2. The van der Waals surface area contributed by atoms with Crippen molar-refractivity contribution in [2.24, 2.45) is 5.73 Å². The van der Waals surface area contributed by atoms with Crippen LogP contribution in [0.3, 0.4) is 0 Å². The van der Waals surface area contributed by atoms with E-state index in [-0.39, 0.29) is 0 Å². The van der Waals surface area contributed by atoms with Crippen molar-refractivity contribution in [3.8, 4) is 11.1 Å². The molecule has 0 fully saturated rings. The molecule has 0 heterocycles. The maximum Gasteiger partial charge on any atom is 0.0719 e. The largest absolute Gasteiger partial charge is 0.326 e. The van der Waals surface area contributed by atoms with Crippen molar-refractivity contribution in [3.63, 3.8) is 0 Å². The highest BCUT2D eigenvalue weighted by atomic mass is 28.3. The Bertz CT molecular complexity index is 1230. The molecule has 2 unspecified atom stereocenters. The van der Waals surface area contributed by atoms with Crippen molar-refractivity contribution < 1.29 is 0 Å². The maximum atomic E-state index is 5.96. The first-order chi connectivity index (χ1) is 14.9. The lowest BCUT2D eigenvalue weighted by atomic mass is 9.94. The zero-order valence-corrected chi connectivity index (χ0v) is 19.9. The first-order valence-electron chi connectivity index (χ1n) is 11.3. The molecule has 31 heavy (non-hydrogen) atoms. The zero-order valence-electron chi connectivity index (χ0n) is 18.9. The Kier molecular flexibility index (Phi) is 4.88. The van der Waals surface area contributed by atoms with Gasteiger partial charge < -0.3 is 5.73 Å². The quantitative estimate of drug-likeness (QED) is 0.439. The van der Waals surface area contributed by atoms with Gasteiger partial charge >= 0.3 is 0 Å². The van der Waals surface area contributed by atoms with Crippen LogP contribution in [-0.2, 0) is 6.54 Å². The Balaban J connectivity index is 1.66. The fourth-order valence-electron chi connectivity index (χ4n) is 6.02. The van der Waals surface area contributed by atoms with E-state index in [1.807, 2.05) is 0 Å². The number of hydrogen-bond acceptors (Lipinski definition) is 1. The zero-order chi connectivity index (χ0) is 21.8. The number of allylic oxidation sites excluding steroid dienone is 3. The molecular weight excluding hydrogens is 390 g/mol. The van der Waals surface area contributed by atoms with Gasteiger partial charge in [0.05, 0.1) is 8.07 Å². The molecule has 0 spiro atoms. The standard InChI is InChI=1S/C29H31NSi/c1-19-16-27(26-13-6-5-12-24(19)26)31(3,4)29-20(2)15-23-11-8-14-25(28(23)29)22-10-7-9-21(17-22)18-30/h5-17,27,29H,18,30H2,1-4H3. The number of benzene rings is 3. The molecule has 0 bridgehead atoms. The van der Waals surface area contributed by atoms with Gasteiger partial charge in [-0.15, -0.1) is 0 Å². The molecule has 156 valence electrons. The van der Waals surface area contributed by atoms with Gasteiger partial charge in [-0.25, -0.2) is 0 Å². The van der Waals surface area contributed by atoms with Gasteiger partial charge in [-0.2, -0.15) is 0 Å². The molecule has 0 amide bonds. The van der Waals surface area contributed by atoms with Crippen LogP contribution < -0.4 is 5.73 Å². The average Bonchev–Trinajstić information content (AvgIpc) is 3.31. The lowest BCUT2D eigenvalue weighted by Gasteiger charge is -2.38. The molecule has 2 N–H and O–H groups in total. The highest BCUT2D eigenvalue weighted by Gasteiger charge is 2.46. The summed E-state index contributed by atoms with van der Waals surface area (Å²) in [5.41, 5.74) is 19.7. The summed E-state index contributed by atoms with van der Waals surface area (Å²) in [6.45, 7) is 10.4. The smallest absolute Gasteiger partial charge is 0.0719 e. The number of hydrogen-bond donors (Lipinski definition) is 1. The molecule has 3 aromatic carbocycles. The second-order valence-electron chi connectivity index (χ2n) is 9.77. The molecule has 2 atom stereocenters. The van der Waals surface area contributed by atoms with Crippen LogP contribution >= 0.6 is 0 Å². The third kappa shape index (κ3) is 3.17. The Morgan fingerprint density at radius 1 is 0.871 bits per heavy atom. The molecule has 0 saturated heterocycles. The van der Waals surface area contributed by atoms with E-state index in [4.69, 9.17) is 5.73 Å². The molecule has 0 saturated carbocycles. The lowest BCUT2D eigenvalue weighted by molar-refractivity contribution is 1.00. The summed E-state index contributed by atoms with van der Waals surface area (Å²) >= 11 is 0. The van der Waals surface area contributed by atoms with Gasteiger partial charge in [0.15, 0.2) is 0 Å². The number of nitrogens with two attached hydrogens (primary N) is 1. The molecular formula is C29H31NSi. The monoisotopic (exact) mass is 421 g/mol. The van der Waals surface area contributed by atoms with Crippen LogP contribution in [0.2, 0.25) is 13.1 Å². The fraction of sp³-hybridized carbons (Fsp3) is 0.241. The molecule has 0 aliphatic heterocycles. The van der Waals surface area contributed by atoms with Crippen LogP contribution in [0.1, 0.15) is 52.7 Å². The van der Waals surface area contributed by atoms with E-state index < -0.39 is 8.07 Å². The van der Waals surface area contributed by atoms with E-state index in [2.05, 4.69) is 106 Å². The van der Waals surface area contributed by atoms with E-state index in [1.54, 1.807) is 0 Å². The van der Waals surface area contributed by atoms with E-state index in [9.17, 15) is 0 Å². The summed E-state index contributed by atoms with van der Waals surface area (Å²) in [5, 5.41) is 0. The Morgan fingerprint density at radius 3 is 2.42 bits per heavy atom. The van der Waals surface area contributed by atoms with Crippen LogP contribution in [0.4, 0.5) is 0 Å². The summed E-state index contributed by atoms with van der Waals surface area (Å²) in [4.78, 5) is 0. The minimum absolute atomic E-state index is 0.500. The van der Waals surface area contributed by atoms with Crippen LogP contribution in [-0.4, -0.2) is 8.07 Å². The fourth-order valence-corrected chi connectivity index (χ4v) is 10.4. The topological polar surface area (TPSA) is 26.0 Å². The van der Waals surface area contributed by atoms with Crippen molar-refractivity contribution in [3.05, 3.63) is 106 Å². The molecule has 2 aliphatic carbocycles. The molecule has 2 aliphatic rings. The predicted octanol–water partition coefficient (Wildman–Crippen LogP) is 7.30. The average molecular weight is 422 g/mol. The predicted molar refractivity (Wildman–Crippen MR) is 136 cm³/mol. The Morgan fingerprint density at radius 2 is 1.61 bits per heavy atom. The molecule has 0 aromatic heterocycles. The van der Waals surface area contributed by atoms with E-state index in [0.29, 0.717) is 17.6 Å². The van der Waals surface area contributed by atoms with E-state index in [1.165, 1.54) is 50.1 Å². The van der Waals surface area contributed by atoms with Crippen LogP contribution in [0.15, 0.2) is 78.4 Å². The third-order valence-electron chi connectivity index (χ3n) is 7.42. The van der Waals surface area contributed by atoms with Crippen LogP contribution in [0.5, 0.6) is 0 Å². The molecule has 3 aromatic rings. The van der Waals surface area contributed by atoms with Crippen LogP contribution in [0.25, 0.3) is 22.8 Å². The molecule has 0 radical (unpaired) electrons. The van der Waals surface area contributed by atoms with E-state index >= 15 is 0 Å². The van der Waals surface area contributed by atoms with Gasteiger partial charge in [0.25, 0.3) is 0 Å². The summed E-state index contributed by atoms with van der Waals surface area (Å²) in [6, 6.07) is 24.6. The lowest BCUT2D eigenvalue weighted by Crippen LogP contribution is -2.41. The van der Waals surface area contributed by atoms with Gasteiger partial charge in [0.2, 0.25) is 0 Å². The van der Waals surface area contributed by atoms with Crippen LogP contribution in [0, 0.1) is 0 Å². The van der Waals surface area contributed by atoms with Gasteiger partial charge in [-0.05, 0) is 70.0 Å². The normalized spacial score (nSPS) is 19.6. The van der Waals surface area contributed by atoms with Crippen molar-refractivity contribution in [1.29, 1.82) is 0 Å². The number of rotatable bonds is 4. The Hall–Kier alpha value is -2.68. The van der Waals surface area contributed by atoms with Gasteiger partial charge in [-0.3, -0.25) is 0 Å². The highest BCUT2D eigenvalue weighted by molar-refractivity contribution is 6.81. The van der Waals surface area contributed by atoms with Crippen molar-refractivity contribution in [2.75, 3.05) is 0 Å². The summed E-state index contributed by atoms with van der Waals surface area (Å²) in [7, 11) is -1.80. The summed E-state index contributed by atoms with van der Waals surface area (Å²) in [6.07, 6.45) is 4.99.